The fourth-order valence-corrected chi connectivity index (χ4v) is 3.77. The second-order valence-corrected chi connectivity index (χ2v) is 7.08. The lowest BCUT2D eigenvalue weighted by Gasteiger charge is -2.13. The van der Waals surface area contributed by atoms with Crippen molar-refractivity contribution in [2.24, 2.45) is 0 Å². The highest BCUT2D eigenvalue weighted by Crippen LogP contribution is 2.29. The first kappa shape index (κ1) is 19.1. The summed E-state index contributed by atoms with van der Waals surface area (Å²) in [6, 6.07) is 9.55. The first-order valence-electron chi connectivity index (χ1n) is 9.70. The average Bonchev–Trinajstić information content (AvgIpc) is 3.22. The third-order valence-electron chi connectivity index (χ3n) is 5.27. The molecule has 3 heterocycles. The van der Waals surface area contributed by atoms with Gasteiger partial charge in [-0.05, 0) is 67.6 Å². The molecular weight excluding hydrogens is 367 g/mol. The van der Waals surface area contributed by atoms with E-state index in [4.69, 9.17) is 4.74 Å². The maximum absolute atomic E-state index is 14.5. The standard InChI is InChI=1S/C23H23FN4O/c1-4-16-9-10-25-13-20(16)18-7-5-17(28-14-26-27-23(18)28)6-8-19-21(24)11-15(2)12-22(19)29-3/h5,7,9-14H,4,6,8H2,1-3H3. The summed E-state index contributed by atoms with van der Waals surface area (Å²) in [5, 5.41) is 8.45. The van der Waals surface area contributed by atoms with Crippen LogP contribution in [0.5, 0.6) is 5.75 Å². The largest absolute Gasteiger partial charge is 0.496 e. The maximum atomic E-state index is 14.5. The minimum Gasteiger partial charge on any atom is -0.496 e. The molecule has 6 heteroatoms. The Hall–Kier alpha value is -3.28. The molecule has 3 aromatic heterocycles. The Balaban J connectivity index is 1.70. The molecule has 1 aromatic carbocycles. The first-order chi connectivity index (χ1) is 14.1. The SMILES string of the molecule is CCc1ccncc1-c1ccc(CCc2c(F)cc(C)cc2OC)n2cnnc12. The molecule has 0 aliphatic heterocycles. The molecule has 0 atom stereocenters. The van der Waals surface area contributed by atoms with Crippen LogP contribution in [-0.4, -0.2) is 26.7 Å². The van der Waals surface area contributed by atoms with Crippen LogP contribution >= 0.6 is 0 Å². The summed E-state index contributed by atoms with van der Waals surface area (Å²) in [6.07, 6.45) is 7.45. The third-order valence-corrected chi connectivity index (χ3v) is 5.27. The van der Waals surface area contributed by atoms with Crippen LogP contribution in [0.25, 0.3) is 16.8 Å². The van der Waals surface area contributed by atoms with Crippen molar-refractivity contribution < 1.29 is 9.13 Å². The molecule has 0 aliphatic carbocycles. The van der Waals surface area contributed by atoms with Crippen molar-refractivity contribution in [3.05, 3.63) is 77.3 Å². The minimum atomic E-state index is -0.235. The van der Waals surface area contributed by atoms with Crippen LogP contribution in [0.2, 0.25) is 0 Å². The number of aromatic nitrogens is 4. The summed E-state index contributed by atoms with van der Waals surface area (Å²) in [6.45, 7) is 3.98. The molecule has 0 spiro atoms. The number of hydrogen-bond donors (Lipinski definition) is 0. The van der Waals surface area contributed by atoms with Gasteiger partial charge in [-0.15, -0.1) is 10.2 Å². The topological polar surface area (TPSA) is 52.3 Å². The van der Waals surface area contributed by atoms with E-state index in [-0.39, 0.29) is 5.82 Å². The van der Waals surface area contributed by atoms with Gasteiger partial charge in [-0.3, -0.25) is 9.38 Å². The van der Waals surface area contributed by atoms with Crippen LogP contribution < -0.4 is 4.74 Å². The molecule has 0 aliphatic rings. The number of aryl methyl sites for hydroxylation is 3. The number of nitrogens with zero attached hydrogens (tertiary/aromatic N) is 4. The van der Waals surface area contributed by atoms with Gasteiger partial charge in [0.05, 0.1) is 7.11 Å². The number of halogens is 1. The van der Waals surface area contributed by atoms with Gasteiger partial charge in [0, 0.05) is 34.8 Å². The molecule has 4 rings (SSSR count). The van der Waals surface area contributed by atoms with Crippen LogP contribution in [0.3, 0.4) is 0 Å². The van der Waals surface area contributed by atoms with E-state index in [2.05, 4.69) is 34.2 Å². The van der Waals surface area contributed by atoms with Crippen molar-refractivity contribution >= 4 is 5.65 Å². The van der Waals surface area contributed by atoms with Gasteiger partial charge in [-0.25, -0.2) is 4.39 Å². The van der Waals surface area contributed by atoms with Crippen LogP contribution in [0.15, 0.2) is 49.1 Å². The molecule has 0 saturated heterocycles. The van der Waals surface area contributed by atoms with E-state index in [0.29, 0.717) is 24.2 Å². The van der Waals surface area contributed by atoms with Crippen LogP contribution in [0, 0.1) is 12.7 Å². The number of hydrogen-bond acceptors (Lipinski definition) is 4. The van der Waals surface area contributed by atoms with Crippen molar-refractivity contribution in [1.29, 1.82) is 0 Å². The Morgan fingerprint density at radius 3 is 2.76 bits per heavy atom. The minimum absolute atomic E-state index is 0.235. The number of pyridine rings is 2. The lowest BCUT2D eigenvalue weighted by atomic mass is 10.00. The number of rotatable bonds is 6. The molecule has 0 saturated carbocycles. The summed E-state index contributed by atoms with van der Waals surface area (Å²) in [5.74, 6) is 0.350. The van der Waals surface area contributed by atoms with E-state index in [0.717, 1.165) is 34.5 Å². The second kappa shape index (κ2) is 7.99. The average molecular weight is 390 g/mol. The Bertz CT molecular complexity index is 1170. The Kier molecular flexibility index (Phi) is 5.25. The van der Waals surface area contributed by atoms with Gasteiger partial charge in [0.2, 0.25) is 0 Å². The number of ether oxygens (including phenoxy) is 1. The van der Waals surface area contributed by atoms with Crippen LogP contribution in [0.4, 0.5) is 4.39 Å². The summed E-state index contributed by atoms with van der Waals surface area (Å²) in [4.78, 5) is 4.28. The van der Waals surface area contributed by atoms with Gasteiger partial charge >= 0.3 is 0 Å². The highest BCUT2D eigenvalue weighted by molar-refractivity contribution is 5.79. The summed E-state index contributed by atoms with van der Waals surface area (Å²) in [7, 11) is 1.57. The normalized spacial score (nSPS) is 11.2. The molecule has 5 nitrogen and oxygen atoms in total. The molecule has 0 N–H and O–H groups in total. The molecule has 4 aromatic rings. The predicted octanol–water partition coefficient (Wildman–Crippen LogP) is 4.60. The number of benzene rings is 1. The zero-order valence-corrected chi connectivity index (χ0v) is 16.8. The monoisotopic (exact) mass is 390 g/mol. The van der Waals surface area contributed by atoms with E-state index in [9.17, 15) is 4.39 Å². The van der Waals surface area contributed by atoms with Crippen molar-refractivity contribution in [2.75, 3.05) is 7.11 Å². The summed E-state index contributed by atoms with van der Waals surface area (Å²) < 4.78 is 21.9. The molecular formula is C23H23FN4O. The Morgan fingerprint density at radius 1 is 1.10 bits per heavy atom. The fourth-order valence-electron chi connectivity index (χ4n) is 3.77. The van der Waals surface area contributed by atoms with Gasteiger partial charge < -0.3 is 4.74 Å². The molecule has 0 bridgehead atoms. The maximum Gasteiger partial charge on any atom is 0.168 e. The summed E-state index contributed by atoms with van der Waals surface area (Å²) >= 11 is 0. The van der Waals surface area contributed by atoms with Gasteiger partial charge in [0.1, 0.15) is 17.9 Å². The quantitative estimate of drug-likeness (QED) is 0.483. The zero-order valence-electron chi connectivity index (χ0n) is 16.8. The van der Waals surface area contributed by atoms with Gasteiger partial charge in [-0.2, -0.15) is 0 Å². The van der Waals surface area contributed by atoms with E-state index in [1.807, 2.05) is 29.7 Å². The van der Waals surface area contributed by atoms with Crippen LogP contribution in [-0.2, 0) is 19.3 Å². The molecule has 0 radical (unpaired) electrons. The molecule has 0 amide bonds. The van der Waals surface area contributed by atoms with Gasteiger partial charge in [-0.1, -0.05) is 6.92 Å². The Labute approximate surface area is 169 Å². The zero-order chi connectivity index (χ0) is 20.4. The molecule has 0 unspecified atom stereocenters. The highest BCUT2D eigenvalue weighted by Gasteiger charge is 2.15. The van der Waals surface area contributed by atoms with E-state index < -0.39 is 0 Å². The summed E-state index contributed by atoms with van der Waals surface area (Å²) in [5.41, 5.74) is 6.49. The lowest BCUT2D eigenvalue weighted by Crippen LogP contribution is -2.04. The third kappa shape index (κ3) is 3.58. The van der Waals surface area contributed by atoms with Crippen LogP contribution in [0.1, 0.15) is 29.3 Å². The van der Waals surface area contributed by atoms with E-state index in [1.54, 1.807) is 25.7 Å². The van der Waals surface area contributed by atoms with Gasteiger partial charge in [0.25, 0.3) is 0 Å². The van der Waals surface area contributed by atoms with E-state index >= 15 is 0 Å². The highest BCUT2D eigenvalue weighted by atomic mass is 19.1. The molecule has 29 heavy (non-hydrogen) atoms. The van der Waals surface area contributed by atoms with Gasteiger partial charge in [0.15, 0.2) is 5.65 Å². The predicted molar refractivity (Wildman–Crippen MR) is 111 cm³/mol. The lowest BCUT2D eigenvalue weighted by molar-refractivity contribution is 0.404. The second-order valence-electron chi connectivity index (χ2n) is 7.08. The van der Waals surface area contributed by atoms with Crippen molar-refractivity contribution in [3.63, 3.8) is 0 Å². The first-order valence-corrected chi connectivity index (χ1v) is 9.70. The fraction of sp³-hybridized carbons (Fsp3) is 0.261. The van der Waals surface area contributed by atoms with E-state index in [1.165, 1.54) is 5.56 Å². The van der Waals surface area contributed by atoms with Crippen molar-refractivity contribution in [1.82, 2.24) is 19.6 Å². The smallest absolute Gasteiger partial charge is 0.168 e. The molecule has 148 valence electrons. The Morgan fingerprint density at radius 2 is 1.97 bits per heavy atom. The number of fused-ring (bicyclic) bond motifs is 1. The number of methoxy groups -OCH3 is 1. The molecule has 0 fully saturated rings. The van der Waals surface area contributed by atoms with Crippen molar-refractivity contribution in [2.45, 2.75) is 33.1 Å². The van der Waals surface area contributed by atoms with Crippen molar-refractivity contribution in [3.8, 4) is 16.9 Å².